The molecule has 0 saturated carbocycles. The van der Waals surface area contributed by atoms with Crippen molar-refractivity contribution in [1.29, 1.82) is 0 Å². The summed E-state index contributed by atoms with van der Waals surface area (Å²) in [6, 6.07) is 8.22. The number of ether oxygens (including phenoxy) is 1. The minimum Gasteiger partial charge on any atom is -0.384 e. The van der Waals surface area contributed by atoms with E-state index >= 15 is 0 Å². The first-order chi connectivity index (χ1) is 15.2. The molecule has 6 nitrogen and oxygen atoms in total. The van der Waals surface area contributed by atoms with Crippen LogP contribution in [0.3, 0.4) is 0 Å². The molecule has 0 aliphatic carbocycles. The van der Waals surface area contributed by atoms with E-state index in [-0.39, 0.29) is 11.9 Å². The van der Waals surface area contributed by atoms with Crippen LogP contribution in [-0.4, -0.2) is 46.0 Å². The zero-order valence-corrected chi connectivity index (χ0v) is 22.3. The molecule has 1 aromatic carbocycles. The molecule has 8 heteroatoms. The number of halogens is 2. The zero-order chi connectivity index (χ0) is 23.2. The van der Waals surface area contributed by atoms with Crippen molar-refractivity contribution in [3.8, 4) is 0 Å². The second kappa shape index (κ2) is 11.6. The molecule has 3 rings (SSSR count). The van der Waals surface area contributed by atoms with Crippen molar-refractivity contribution < 1.29 is 14.5 Å². The van der Waals surface area contributed by atoms with Gasteiger partial charge in [0, 0.05) is 45.7 Å². The Balaban J connectivity index is 1.31. The molecule has 2 heterocycles. The molecule has 1 fully saturated rings. The standard InChI is InChI=1S/C24H35ClIN3O3/c1-17(7-10-22-30-24(4,16-26)23(2,3)32-31-22)27-12-5-6-13-28-20-11-14-29-21-15-18(25)8-9-19(20)21/h8-9,11,14-15,17,22,27H,5-7,10,12-13,16H2,1-4H3,(H,28,29). The van der Waals surface area contributed by atoms with Gasteiger partial charge in [-0.1, -0.05) is 34.2 Å². The van der Waals surface area contributed by atoms with Crippen LogP contribution in [0.1, 0.15) is 53.4 Å². The van der Waals surface area contributed by atoms with Gasteiger partial charge in [0.1, 0.15) is 11.2 Å². The molecular weight excluding hydrogens is 541 g/mol. The third kappa shape index (κ3) is 6.67. The van der Waals surface area contributed by atoms with Gasteiger partial charge in [-0.15, -0.1) is 0 Å². The quantitative estimate of drug-likeness (QED) is 0.146. The molecule has 3 unspecified atom stereocenters. The summed E-state index contributed by atoms with van der Waals surface area (Å²) in [5.74, 6) is 0. The molecule has 178 valence electrons. The van der Waals surface area contributed by atoms with Crippen LogP contribution in [0.2, 0.25) is 5.02 Å². The number of aromatic nitrogens is 1. The molecule has 1 saturated heterocycles. The smallest absolute Gasteiger partial charge is 0.192 e. The molecule has 0 bridgehead atoms. The molecule has 1 aliphatic heterocycles. The highest BCUT2D eigenvalue weighted by atomic mass is 127. The first-order valence-corrected chi connectivity index (χ1v) is 13.2. The molecule has 2 N–H and O–H groups in total. The Kier molecular flexibility index (Phi) is 9.41. The topological polar surface area (TPSA) is 64.6 Å². The van der Waals surface area contributed by atoms with Gasteiger partial charge in [0.25, 0.3) is 0 Å². The highest BCUT2D eigenvalue weighted by Crippen LogP contribution is 2.38. The van der Waals surface area contributed by atoms with Crippen LogP contribution in [0, 0.1) is 0 Å². The van der Waals surface area contributed by atoms with Gasteiger partial charge < -0.3 is 15.4 Å². The van der Waals surface area contributed by atoms with E-state index in [0.717, 1.165) is 59.8 Å². The molecular formula is C24H35ClIN3O3. The summed E-state index contributed by atoms with van der Waals surface area (Å²) in [6.07, 6.45) is 5.46. The number of anilines is 1. The van der Waals surface area contributed by atoms with E-state index < -0.39 is 5.60 Å². The number of pyridine rings is 1. The van der Waals surface area contributed by atoms with E-state index in [1.165, 1.54) is 0 Å². The average molecular weight is 576 g/mol. The van der Waals surface area contributed by atoms with E-state index in [2.05, 4.69) is 52.1 Å². The van der Waals surface area contributed by atoms with Crippen LogP contribution in [-0.2, 0) is 14.5 Å². The van der Waals surface area contributed by atoms with Crippen molar-refractivity contribution >= 4 is 50.8 Å². The van der Waals surface area contributed by atoms with Crippen molar-refractivity contribution in [2.45, 2.75) is 76.9 Å². The maximum atomic E-state index is 6.22. The van der Waals surface area contributed by atoms with Gasteiger partial charge >= 0.3 is 0 Å². The molecule has 3 atom stereocenters. The van der Waals surface area contributed by atoms with Crippen LogP contribution < -0.4 is 10.6 Å². The summed E-state index contributed by atoms with van der Waals surface area (Å²) >= 11 is 8.42. The van der Waals surface area contributed by atoms with Crippen LogP contribution in [0.15, 0.2) is 30.5 Å². The van der Waals surface area contributed by atoms with Gasteiger partial charge in [-0.2, -0.15) is 0 Å². The van der Waals surface area contributed by atoms with Crippen molar-refractivity contribution in [2.24, 2.45) is 0 Å². The highest BCUT2D eigenvalue weighted by molar-refractivity contribution is 14.1. The number of hydrogen-bond acceptors (Lipinski definition) is 6. The van der Waals surface area contributed by atoms with Gasteiger partial charge in [0.05, 0.1) is 5.52 Å². The second-order valence-corrected chi connectivity index (χ2v) is 10.4. The fraction of sp³-hybridized carbons (Fsp3) is 0.625. The van der Waals surface area contributed by atoms with E-state index in [9.17, 15) is 0 Å². The Labute approximate surface area is 210 Å². The maximum absolute atomic E-state index is 6.22. The Morgan fingerprint density at radius 1 is 1.19 bits per heavy atom. The lowest BCUT2D eigenvalue weighted by Gasteiger charge is -2.47. The largest absolute Gasteiger partial charge is 0.384 e. The molecule has 2 aromatic rings. The van der Waals surface area contributed by atoms with Crippen LogP contribution in [0.25, 0.3) is 10.9 Å². The molecule has 32 heavy (non-hydrogen) atoms. The summed E-state index contributed by atoms with van der Waals surface area (Å²) < 4.78 is 7.07. The lowest BCUT2D eigenvalue weighted by molar-refractivity contribution is -0.499. The number of hydrogen-bond donors (Lipinski definition) is 2. The predicted molar refractivity (Wildman–Crippen MR) is 140 cm³/mol. The van der Waals surface area contributed by atoms with Gasteiger partial charge in [0.15, 0.2) is 6.29 Å². The van der Waals surface area contributed by atoms with E-state index in [0.29, 0.717) is 11.1 Å². The third-order valence-electron chi connectivity index (χ3n) is 6.24. The van der Waals surface area contributed by atoms with Crippen LogP contribution >= 0.6 is 34.2 Å². The molecule has 0 spiro atoms. The summed E-state index contributed by atoms with van der Waals surface area (Å²) in [6.45, 7) is 10.2. The lowest BCUT2D eigenvalue weighted by Crippen LogP contribution is -2.59. The first-order valence-electron chi connectivity index (χ1n) is 11.3. The minimum atomic E-state index is -0.460. The summed E-state index contributed by atoms with van der Waals surface area (Å²) in [7, 11) is 0. The van der Waals surface area contributed by atoms with Crippen LogP contribution in [0.5, 0.6) is 0 Å². The lowest BCUT2D eigenvalue weighted by atomic mass is 9.89. The SMILES string of the molecule is CC(CCC1OOC(C)(C)C(C)(CI)O1)NCCCCNc1ccnc2cc(Cl)ccc12. The number of benzene rings is 1. The predicted octanol–water partition coefficient (Wildman–Crippen LogP) is 6.12. The Bertz CT molecular complexity index is 885. The van der Waals surface area contributed by atoms with Crippen molar-refractivity contribution in [3.63, 3.8) is 0 Å². The second-order valence-electron chi connectivity index (χ2n) is 9.19. The van der Waals surface area contributed by atoms with Gasteiger partial charge in [0.2, 0.25) is 0 Å². The fourth-order valence-corrected chi connectivity index (χ4v) is 4.86. The van der Waals surface area contributed by atoms with Crippen molar-refractivity contribution in [2.75, 3.05) is 22.8 Å². The molecule has 0 amide bonds. The van der Waals surface area contributed by atoms with Gasteiger partial charge in [-0.05, 0) is 77.8 Å². The molecule has 1 aliphatic rings. The van der Waals surface area contributed by atoms with Crippen molar-refractivity contribution in [3.05, 3.63) is 35.5 Å². The van der Waals surface area contributed by atoms with Gasteiger partial charge in [-0.3, -0.25) is 4.98 Å². The Morgan fingerprint density at radius 3 is 2.75 bits per heavy atom. The number of nitrogens with one attached hydrogen (secondary N) is 2. The summed E-state index contributed by atoms with van der Waals surface area (Å²) in [5.41, 5.74) is 1.20. The van der Waals surface area contributed by atoms with E-state index in [1.807, 2.05) is 44.3 Å². The number of alkyl halides is 1. The molecule has 0 radical (unpaired) electrons. The van der Waals surface area contributed by atoms with Crippen LogP contribution in [0.4, 0.5) is 5.69 Å². The monoisotopic (exact) mass is 575 g/mol. The Hall–Kier alpha value is -0.710. The normalized spacial score (nSPS) is 23.9. The maximum Gasteiger partial charge on any atom is 0.192 e. The number of fused-ring (bicyclic) bond motifs is 1. The van der Waals surface area contributed by atoms with Gasteiger partial charge in [-0.25, -0.2) is 9.78 Å². The van der Waals surface area contributed by atoms with Crippen molar-refractivity contribution in [1.82, 2.24) is 10.3 Å². The number of unbranched alkanes of at least 4 members (excludes halogenated alkanes) is 1. The number of nitrogens with zero attached hydrogens (tertiary/aromatic N) is 1. The third-order valence-corrected chi connectivity index (χ3v) is 7.93. The fourth-order valence-electron chi connectivity index (χ4n) is 3.60. The summed E-state index contributed by atoms with van der Waals surface area (Å²) in [5, 5.41) is 8.93. The minimum absolute atomic E-state index is 0.318. The Morgan fingerprint density at radius 2 is 1.97 bits per heavy atom. The van der Waals surface area contributed by atoms with E-state index in [1.54, 1.807) is 0 Å². The highest BCUT2D eigenvalue weighted by Gasteiger charge is 2.49. The molecule has 1 aromatic heterocycles. The first kappa shape index (κ1) is 25.9. The zero-order valence-electron chi connectivity index (χ0n) is 19.4. The average Bonchev–Trinajstić information content (AvgIpc) is 2.76. The number of rotatable bonds is 11. The van der Waals surface area contributed by atoms with E-state index in [4.69, 9.17) is 26.1 Å². The summed E-state index contributed by atoms with van der Waals surface area (Å²) in [4.78, 5) is 15.5.